The van der Waals surface area contributed by atoms with E-state index in [1.54, 1.807) is 6.92 Å². The van der Waals surface area contributed by atoms with Gasteiger partial charge in [-0.3, -0.25) is 4.79 Å². The quantitative estimate of drug-likeness (QED) is 0.761. The SMILES string of the molecule is CCOCC1CC(C(=O)O)C(C(F)F)O1. The van der Waals surface area contributed by atoms with E-state index in [4.69, 9.17) is 14.6 Å². The smallest absolute Gasteiger partial charge is 0.309 e. The van der Waals surface area contributed by atoms with Crippen molar-refractivity contribution in [2.45, 2.75) is 32.0 Å². The maximum atomic E-state index is 12.4. The molecule has 3 unspecified atom stereocenters. The van der Waals surface area contributed by atoms with Gasteiger partial charge in [0.2, 0.25) is 0 Å². The van der Waals surface area contributed by atoms with E-state index in [0.29, 0.717) is 6.61 Å². The first kappa shape index (κ1) is 12.3. The van der Waals surface area contributed by atoms with E-state index < -0.39 is 30.5 Å². The molecule has 0 bridgehead atoms. The van der Waals surface area contributed by atoms with E-state index in [1.165, 1.54) is 0 Å². The number of hydrogen-bond donors (Lipinski definition) is 1. The summed E-state index contributed by atoms with van der Waals surface area (Å²) in [7, 11) is 0. The molecule has 1 aliphatic heterocycles. The van der Waals surface area contributed by atoms with Gasteiger partial charge in [0, 0.05) is 6.61 Å². The Morgan fingerprint density at radius 1 is 1.67 bits per heavy atom. The highest BCUT2D eigenvalue weighted by molar-refractivity contribution is 5.71. The van der Waals surface area contributed by atoms with Crippen LogP contribution in [0.1, 0.15) is 13.3 Å². The topological polar surface area (TPSA) is 55.8 Å². The number of alkyl halides is 2. The highest BCUT2D eigenvalue weighted by Gasteiger charge is 2.44. The van der Waals surface area contributed by atoms with Crippen LogP contribution in [0.5, 0.6) is 0 Å². The van der Waals surface area contributed by atoms with Gasteiger partial charge in [-0.1, -0.05) is 0 Å². The van der Waals surface area contributed by atoms with Crippen LogP contribution >= 0.6 is 0 Å². The lowest BCUT2D eigenvalue weighted by atomic mass is 10.00. The zero-order chi connectivity index (χ0) is 11.4. The average Bonchev–Trinajstić information content (AvgIpc) is 2.58. The van der Waals surface area contributed by atoms with Gasteiger partial charge in [0.05, 0.1) is 18.6 Å². The molecule has 1 saturated heterocycles. The summed E-state index contributed by atoms with van der Waals surface area (Å²) in [4.78, 5) is 10.7. The number of hydrogen-bond acceptors (Lipinski definition) is 3. The van der Waals surface area contributed by atoms with Gasteiger partial charge >= 0.3 is 5.97 Å². The van der Waals surface area contributed by atoms with Crippen LogP contribution in [-0.4, -0.2) is 42.9 Å². The number of ether oxygens (including phenoxy) is 2. The second kappa shape index (κ2) is 5.37. The van der Waals surface area contributed by atoms with E-state index in [2.05, 4.69) is 0 Å². The molecule has 0 amide bonds. The molecule has 0 spiro atoms. The van der Waals surface area contributed by atoms with Crippen LogP contribution in [0.4, 0.5) is 8.78 Å². The van der Waals surface area contributed by atoms with E-state index >= 15 is 0 Å². The number of carboxylic acids is 1. The summed E-state index contributed by atoms with van der Waals surface area (Å²) in [5.74, 6) is -2.37. The number of carboxylic acid groups (broad SMARTS) is 1. The van der Waals surface area contributed by atoms with Crippen molar-refractivity contribution in [2.24, 2.45) is 5.92 Å². The molecule has 88 valence electrons. The van der Waals surface area contributed by atoms with Gasteiger partial charge in [-0.05, 0) is 13.3 Å². The summed E-state index contributed by atoms with van der Waals surface area (Å²) in [5, 5.41) is 8.72. The van der Waals surface area contributed by atoms with Crippen LogP contribution in [0.2, 0.25) is 0 Å². The first-order valence-electron chi connectivity index (χ1n) is 4.80. The Kier molecular flexibility index (Phi) is 4.41. The molecule has 1 fully saturated rings. The third-order valence-electron chi connectivity index (χ3n) is 2.34. The number of rotatable bonds is 5. The Morgan fingerprint density at radius 3 is 2.73 bits per heavy atom. The maximum Gasteiger partial charge on any atom is 0.309 e. The van der Waals surface area contributed by atoms with Gasteiger partial charge in [-0.2, -0.15) is 0 Å². The molecule has 0 saturated carbocycles. The minimum atomic E-state index is -2.77. The molecule has 6 heteroatoms. The van der Waals surface area contributed by atoms with Crippen LogP contribution < -0.4 is 0 Å². The Balaban J connectivity index is 2.53. The second-order valence-electron chi connectivity index (χ2n) is 3.40. The summed E-state index contributed by atoms with van der Waals surface area (Å²) >= 11 is 0. The lowest BCUT2D eigenvalue weighted by Gasteiger charge is -2.14. The molecule has 15 heavy (non-hydrogen) atoms. The second-order valence-corrected chi connectivity index (χ2v) is 3.40. The van der Waals surface area contributed by atoms with E-state index in [-0.39, 0.29) is 13.0 Å². The van der Waals surface area contributed by atoms with Crippen molar-refractivity contribution < 1.29 is 28.2 Å². The summed E-state index contributed by atoms with van der Waals surface area (Å²) in [6.07, 6.45) is -4.72. The first-order valence-corrected chi connectivity index (χ1v) is 4.80. The summed E-state index contributed by atoms with van der Waals surface area (Å²) < 4.78 is 34.8. The molecule has 1 N–H and O–H groups in total. The minimum Gasteiger partial charge on any atom is -0.481 e. The van der Waals surface area contributed by atoms with Gasteiger partial charge in [-0.15, -0.1) is 0 Å². The average molecular weight is 224 g/mol. The van der Waals surface area contributed by atoms with Gasteiger partial charge in [0.15, 0.2) is 0 Å². The Hall–Kier alpha value is -0.750. The van der Waals surface area contributed by atoms with E-state index in [0.717, 1.165) is 0 Å². The molecule has 0 aromatic heterocycles. The third-order valence-corrected chi connectivity index (χ3v) is 2.34. The zero-order valence-corrected chi connectivity index (χ0v) is 8.36. The van der Waals surface area contributed by atoms with Crippen molar-refractivity contribution in [2.75, 3.05) is 13.2 Å². The summed E-state index contributed by atoms with van der Waals surface area (Å²) in [6.45, 7) is 2.40. The van der Waals surface area contributed by atoms with Crippen molar-refractivity contribution in [3.05, 3.63) is 0 Å². The highest BCUT2D eigenvalue weighted by atomic mass is 19.3. The lowest BCUT2D eigenvalue weighted by molar-refractivity contribution is -0.148. The van der Waals surface area contributed by atoms with E-state index in [9.17, 15) is 13.6 Å². The Morgan fingerprint density at radius 2 is 2.33 bits per heavy atom. The van der Waals surface area contributed by atoms with Crippen molar-refractivity contribution in [1.82, 2.24) is 0 Å². The first-order chi connectivity index (χ1) is 7.06. The largest absolute Gasteiger partial charge is 0.481 e. The van der Waals surface area contributed by atoms with Crippen LogP contribution in [0.25, 0.3) is 0 Å². The molecular formula is C9H14F2O4. The van der Waals surface area contributed by atoms with Crippen molar-refractivity contribution in [3.8, 4) is 0 Å². The fourth-order valence-corrected chi connectivity index (χ4v) is 1.62. The molecular weight excluding hydrogens is 210 g/mol. The molecule has 4 nitrogen and oxygen atoms in total. The summed E-state index contributed by atoms with van der Waals surface area (Å²) in [6, 6.07) is 0. The fourth-order valence-electron chi connectivity index (χ4n) is 1.62. The monoisotopic (exact) mass is 224 g/mol. The number of carbonyl (C=O) groups is 1. The summed E-state index contributed by atoms with van der Waals surface area (Å²) in [5.41, 5.74) is 0. The molecule has 1 heterocycles. The minimum absolute atomic E-state index is 0.0876. The predicted molar refractivity (Wildman–Crippen MR) is 46.9 cm³/mol. The zero-order valence-electron chi connectivity index (χ0n) is 8.36. The standard InChI is InChI=1S/C9H14F2O4/c1-2-14-4-5-3-6(9(12)13)7(15-5)8(10)11/h5-8H,2-4H2,1H3,(H,12,13). The third kappa shape index (κ3) is 3.10. The predicted octanol–water partition coefficient (Wildman–Crippen LogP) is 1.15. The maximum absolute atomic E-state index is 12.4. The molecule has 0 aliphatic carbocycles. The fraction of sp³-hybridized carbons (Fsp3) is 0.889. The Bertz CT molecular complexity index is 222. The Labute approximate surface area is 86.2 Å². The molecule has 0 aromatic carbocycles. The van der Waals surface area contributed by atoms with Crippen LogP contribution in [-0.2, 0) is 14.3 Å². The molecule has 0 aromatic rings. The molecule has 1 rings (SSSR count). The molecule has 3 atom stereocenters. The van der Waals surface area contributed by atoms with Gasteiger partial charge in [0.25, 0.3) is 6.43 Å². The van der Waals surface area contributed by atoms with Crippen LogP contribution in [0.3, 0.4) is 0 Å². The molecule has 0 radical (unpaired) electrons. The van der Waals surface area contributed by atoms with Crippen molar-refractivity contribution in [1.29, 1.82) is 0 Å². The van der Waals surface area contributed by atoms with Crippen molar-refractivity contribution >= 4 is 5.97 Å². The highest BCUT2D eigenvalue weighted by Crippen LogP contribution is 2.30. The van der Waals surface area contributed by atoms with E-state index in [1.807, 2.05) is 0 Å². The molecule has 1 aliphatic rings. The normalized spacial score (nSPS) is 31.1. The number of halogens is 2. The lowest BCUT2D eigenvalue weighted by Crippen LogP contribution is -2.30. The van der Waals surface area contributed by atoms with Crippen LogP contribution in [0, 0.1) is 5.92 Å². The van der Waals surface area contributed by atoms with Gasteiger partial charge in [-0.25, -0.2) is 8.78 Å². The number of aliphatic carboxylic acids is 1. The van der Waals surface area contributed by atoms with Gasteiger partial charge < -0.3 is 14.6 Å². The van der Waals surface area contributed by atoms with Crippen LogP contribution in [0.15, 0.2) is 0 Å². The van der Waals surface area contributed by atoms with Gasteiger partial charge in [0.1, 0.15) is 6.10 Å². The van der Waals surface area contributed by atoms with Crippen molar-refractivity contribution in [3.63, 3.8) is 0 Å².